The Labute approximate surface area is 123 Å². The van der Waals surface area contributed by atoms with Gasteiger partial charge in [0.05, 0.1) is 6.54 Å². The Balaban J connectivity index is 3.38. The van der Waals surface area contributed by atoms with E-state index >= 15 is 0 Å². The number of halogens is 6. The molecule has 0 unspecified atom stereocenters. The van der Waals surface area contributed by atoms with Crippen LogP contribution in [0.1, 0.15) is 10.4 Å². The molecule has 0 atom stereocenters. The van der Waals surface area contributed by atoms with Crippen molar-refractivity contribution in [3.05, 3.63) is 27.7 Å². The van der Waals surface area contributed by atoms with Gasteiger partial charge >= 0.3 is 0 Å². The van der Waals surface area contributed by atoms with Crippen LogP contribution in [0.4, 0.5) is 17.6 Å². The first kappa shape index (κ1) is 17.2. The molecule has 1 amide bonds. The second-order valence-corrected chi connectivity index (χ2v) is 6.75. The number of nitrogens with one attached hydrogen (secondary N) is 1. The van der Waals surface area contributed by atoms with Gasteiger partial charge in [0, 0.05) is 15.2 Å². The van der Waals surface area contributed by atoms with Gasteiger partial charge in [-0.05, 0) is 22.0 Å². The molecule has 1 aromatic carbocycles. The van der Waals surface area contributed by atoms with Gasteiger partial charge in [0.15, 0.2) is 5.82 Å². The molecule has 1 N–H and O–H groups in total. The van der Waals surface area contributed by atoms with E-state index in [1.807, 2.05) is 0 Å². The highest BCUT2D eigenvalue weighted by molar-refractivity contribution is 9.10. The average molecular weight is 399 g/mol. The molecule has 0 bridgehead atoms. The molecule has 0 aliphatic heterocycles. The summed E-state index contributed by atoms with van der Waals surface area (Å²) in [5.74, 6) is -4.71. The van der Waals surface area contributed by atoms with E-state index in [9.17, 15) is 30.8 Å². The van der Waals surface area contributed by atoms with Crippen molar-refractivity contribution in [3.63, 3.8) is 0 Å². The van der Waals surface area contributed by atoms with Crippen molar-refractivity contribution in [2.24, 2.45) is 0 Å². The third-order valence-electron chi connectivity index (χ3n) is 2.02. The minimum atomic E-state index is -4.61. The summed E-state index contributed by atoms with van der Waals surface area (Å²) < 4.78 is 73.0. The summed E-state index contributed by atoms with van der Waals surface area (Å²) >= 11 is 2.58. The molecule has 0 radical (unpaired) electrons. The lowest BCUT2D eigenvalue weighted by Crippen LogP contribution is -2.30. The van der Waals surface area contributed by atoms with Gasteiger partial charge < -0.3 is 5.32 Å². The average Bonchev–Trinajstić information content (AvgIpc) is 2.23. The number of amides is 1. The summed E-state index contributed by atoms with van der Waals surface area (Å²) in [7, 11) is 0.341. The first-order valence-electron chi connectivity index (χ1n) is 4.74. The van der Waals surface area contributed by atoms with Crippen LogP contribution in [-0.4, -0.2) is 27.3 Å². The van der Waals surface area contributed by atoms with Crippen LogP contribution >= 0.6 is 26.6 Å². The molecule has 0 fully saturated rings. The summed E-state index contributed by atoms with van der Waals surface area (Å²) in [6.07, 6.45) is -2.93. The largest absolute Gasteiger partial charge is 0.346 e. The Bertz CT molecular complexity index is 653. The molecule has 0 aliphatic carbocycles. The molecule has 4 nitrogen and oxygen atoms in total. The maximum absolute atomic E-state index is 13.9. The fraction of sp³-hybridized carbons (Fsp3) is 0.222. The zero-order chi connectivity index (χ0) is 15.7. The monoisotopic (exact) mass is 397 g/mol. The van der Waals surface area contributed by atoms with Gasteiger partial charge in [-0.2, -0.15) is 0 Å². The SMILES string of the molecule is O=C(NCC(F)F)c1c(F)cc(Br)c(S(=O)(=O)Cl)c1F. The molecule has 0 saturated carbocycles. The van der Waals surface area contributed by atoms with Crippen molar-refractivity contribution in [1.29, 1.82) is 0 Å². The van der Waals surface area contributed by atoms with Crippen molar-refractivity contribution in [3.8, 4) is 0 Å². The number of hydrogen-bond acceptors (Lipinski definition) is 3. The van der Waals surface area contributed by atoms with Crippen LogP contribution in [-0.2, 0) is 9.05 Å². The van der Waals surface area contributed by atoms with Gasteiger partial charge in [-0.3, -0.25) is 4.79 Å². The lowest BCUT2D eigenvalue weighted by atomic mass is 10.2. The number of carbonyl (C=O) groups is 1. The number of hydrogen-bond donors (Lipinski definition) is 1. The summed E-state index contributed by atoms with van der Waals surface area (Å²) in [5, 5.41) is 1.56. The van der Waals surface area contributed by atoms with Crippen LogP contribution in [0.2, 0.25) is 0 Å². The van der Waals surface area contributed by atoms with Gasteiger partial charge in [-0.1, -0.05) is 0 Å². The van der Waals surface area contributed by atoms with Gasteiger partial charge in [0.2, 0.25) is 0 Å². The highest BCUT2D eigenvalue weighted by Gasteiger charge is 2.29. The van der Waals surface area contributed by atoms with Crippen LogP contribution in [0.15, 0.2) is 15.4 Å². The zero-order valence-corrected chi connectivity index (χ0v) is 12.4. The molecular weight excluding hydrogens is 394 g/mol. The first-order valence-corrected chi connectivity index (χ1v) is 7.84. The lowest BCUT2D eigenvalue weighted by molar-refractivity contribution is 0.0883. The second kappa shape index (κ2) is 6.27. The van der Waals surface area contributed by atoms with Gasteiger partial charge in [0.1, 0.15) is 16.3 Å². The maximum atomic E-state index is 13.9. The quantitative estimate of drug-likeness (QED) is 0.626. The molecule has 0 aliphatic rings. The van der Waals surface area contributed by atoms with Crippen molar-refractivity contribution in [2.75, 3.05) is 6.54 Å². The fourth-order valence-corrected chi connectivity index (χ4v) is 3.62. The van der Waals surface area contributed by atoms with Crippen molar-refractivity contribution in [1.82, 2.24) is 5.32 Å². The van der Waals surface area contributed by atoms with E-state index in [1.165, 1.54) is 0 Å². The smallest absolute Gasteiger partial charge is 0.265 e. The third-order valence-corrected chi connectivity index (χ3v) is 4.25. The van der Waals surface area contributed by atoms with Crippen molar-refractivity contribution < 1.29 is 30.8 Å². The summed E-state index contributed by atoms with van der Waals surface area (Å²) in [5.41, 5.74) is -1.31. The van der Waals surface area contributed by atoms with Gasteiger partial charge in [-0.25, -0.2) is 26.0 Å². The lowest BCUT2D eigenvalue weighted by Gasteiger charge is -2.10. The summed E-state index contributed by atoms with van der Waals surface area (Å²) in [6, 6.07) is 0.496. The summed E-state index contributed by atoms with van der Waals surface area (Å²) in [6.45, 7) is -1.14. The molecule has 11 heteroatoms. The highest BCUT2D eigenvalue weighted by Crippen LogP contribution is 2.31. The predicted octanol–water partition coefficient (Wildman–Crippen LogP) is 2.65. The van der Waals surface area contributed by atoms with E-state index in [2.05, 4.69) is 15.9 Å². The standard InChI is InChI=1S/C9H5BrClF4NO3S/c10-3-1-4(12)6(9(17)16-2-5(13)14)7(15)8(3)20(11,18)19/h1,5H,2H2,(H,16,17). The van der Waals surface area contributed by atoms with E-state index in [1.54, 1.807) is 5.32 Å². The molecule has 20 heavy (non-hydrogen) atoms. The highest BCUT2D eigenvalue weighted by atomic mass is 79.9. The van der Waals surface area contributed by atoms with E-state index in [4.69, 9.17) is 10.7 Å². The van der Waals surface area contributed by atoms with Crippen molar-refractivity contribution in [2.45, 2.75) is 11.3 Å². The van der Waals surface area contributed by atoms with E-state index < -0.39 is 54.5 Å². The summed E-state index contributed by atoms with van der Waals surface area (Å²) in [4.78, 5) is 10.3. The molecule has 0 spiro atoms. The Morgan fingerprint density at radius 3 is 2.40 bits per heavy atom. The topological polar surface area (TPSA) is 63.2 Å². The Morgan fingerprint density at radius 2 is 1.95 bits per heavy atom. The number of benzene rings is 1. The van der Waals surface area contributed by atoms with Crippen LogP contribution in [0.25, 0.3) is 0 Å². The third kappa shape index (κ3) is 3.83. The molecule has 0 aromatic heterocycles. The minimum Gasteiger partial charge on any atom is -0.346 e. The Kier molecular flexibility index (Phi) is 5.39. The second-order valence-electron chi connectivity index (χ2n) is 3.40. The van der Waals surface area contributed by atoms with Crippen LogP contribution in [0, 0.1) is 11.6 Å². The number of carbonyl (C=O) groups excluding carboxylic acids is 1. The molecule has 112 valence electrons. The number of alkyl halides is 2. The van der Waals surface area contributed by atoms with E-state index in [0.717, 1.165) is 0 Å². The van der Waals surface area contributed by atoms with Gasteiger partial charge in [-0.15, -0.1) is 0 Å². The minimum absolute atomic E-state index is 0.496. The van der Waals surface area contributed by atoms with E-state index in [-0.39, 0.29) is 0 Å². The predicted molar refractivity (Wildman–Crippen MR) is 65.4 cm³/mol. The van der Waals surface area contributed by atoms with Crippen LogP contribution < -0.4 is 5.32 Å². The first-order chi connectivity index (χ1) is 9.05. The zero-order valence-electron chi connectivity index (χ0n) is 9.26. The van der Waals surface area contributed by atoms with Gasteiger partial charge in [0.25, 0.3) is 21.4 Å². The van der Waals surface area contributed by atoms with Crippen LogP contribution in [0.3, 0.4) is 0 Å². The normalized spacial score (nSPS) is 11.8. The maximum Gasteiger partial charge on any atom is 0.265 e. The Hall–Kier alpha value is -0.870. The molecule has 1 aromatic rings. The van der Waals surface area contributed by atoms with E-state index in [0.29, 0.717) is 6.07 Å². The van der Waals surface area contributed by atoms with Crippen LogP contribution in [0.5, 0.6) is 0 Å². The van der Waals surface area contributed by atoms with Crippen molar-refractivity contribution >= 4 is 41.6 Å². The molecule has 1 rings (SSSR count). The molecule has 0 heterocycles. The molecular formula is C9H5BrClF4NO3S. The molecule has 0 saturated heterocycles. The number of rotatable bonds is 4. The Morgan fingerprint density at radius 1 is 1.40 bits per heavy atom. The fourth-order valence-electron chi connectivity index (χ4n) is 1.26.